The van der Waals surface area contributed by atoms with Gasteiger partial charge in [0.25, 0.3) is 5.91 Å². The number of likely N-dealkylation sites (tertiary alicyclic amines) is 2. The van der Waals surface area contributed by atoms with Gasteiger partial charge in [0.15, 0.2) is 0 Å². The lowest BCUT2D eigenvalue weighted by Gasteiger charge is -2.33. The molecule has 28 heavy (non-hydrogen) atoms. The van der Waals surface area contributed by atoms with E-state index in [0.717, 1.165) is 50.7 Å². The van der Waals surface area contributed by atoms with E-state index in [1.807, 2.05) is 16.7 Å². The number of H-pyrrole nitrogens is 1. The van der Waals surface area contributed by atoms with E-state index in [1.54, 1.807) is 18.3 Å². The van der Waals surface area contributed by atoms with Crippen molar-refractivity contribution in [3.05, 3.63) is 30.2 Å². The van der Waals surface area contributed by atoms with Gasteiger partial charge in [0.1, 0.15) is 17.8 Å². The first-order valence-corrected chi connectivity index (χ1v) is 9.97. The summed E-state index contributed by atoms with van der Waals surface area (Å²) < 4.78 is 0. The van der Waals surface area contributed by atoms with Crippen LogP contribution in [0.25, 0.3) is 11.0 Å². The highest BCUT2D eigenvalue weighted by Gasteiger charge is 2.27. The number of hydrogen-bond donors (Lipinski definition) is 2. The van der Waals surface area contributed by atoms with Crippen LogP contribution in [-0.2, 0) is 4.79 Å². The molecule has 0 aliphatic carbocycles. The molecule has 2 saturated heterocycles. The number of amides is 2. The number of piperidine rings is 1. The zero-order chi connectivity index (χ0) is 19.5. The summed E-state index contributed by atoms with van der Waals surface area (Å²) in [4.78, 5) is 40.7. The summed E-state index contributed by atoms with van der Waals surface area (Å²) in [6.45, 7) is 4.83. The third-order valence-electron chi connectivity index (χ3n) is 5.48. The molecule has 1 atom stereocenters. The second-order valence-electron chi connectivity index (χ2n) is 7.42. The van der Waals surface area contributed by atoms with Crippen molar-refractivity contribution in [1.82, 2.24) is 24.8 Å². The van der Waals surface area contributed by atoms with Crippen molar-refractivity contribution in [2.24, 2.45) is 0 Å². The molecule has 0 unspecified atom stereocenters. The molecule has 0 aromatic carbocycles. The normalized spacial score (nSPS) is 20.2. The quantitative estimate of drug-likeness (QED) is 0.791. The SMILES string of the molecule is CC=CC(=O)N1CCC[C@@H](Nc2ncnc3[nH]cc(C(=O)N4CCCC4)c23)C1. The molecule has 8 heteroatoms. The maximum Gasteiger partial charge on any atom is 0.256 e. The second kappa shape index (κ2) is 8.00. The third kappa shape index (κ3) is 3.58. The molecule has 2 N–H and O–H groups in total. The number of aromatic amines is 1. The minimum Gasteiger partial charge on any atom is -0.365 e. The molecule has 0 saturated carbocycles. The van der Waals surface area contributed by atoms with Gasteiger partial charge >= 0.3 is 0 Å². The molecule has 2 aliphatic heterocycles. The first-order valence-electron chi connectivity index (χ1n) is 9.97. The van der Waals surface area contributed by atoms with E-state index in [4.69, 9.17) is 0 Å². The van der Waals surface area contributed by atoms with Gasteiger partial charge in [0.05, 0.1) is 10.9 Å². The molecule has 0 bridgehead atoms. The van der Waals surface area contributed by atoms with Crippen LogP contribution in [0.2, 0.25) is 0 Å². The summed E-state index contributed by atoms with van der Waals surface area (Å²) in [6, 6.07) is 0.0886. The standard InChI is InChI=1S/C20H26N6O2/c1-2-6-16(27)26-10-5-7-14(12-26)24-19-17-15(11-21-18(17)22-13-23-19)20(28)25-8-3-4-9-25/h2,6,11,13-14H,3-5,7-10,12H2,1H3,(H2,21,22,23,24)/t14-/m1/s1. The topological polar surface area (TPSA) is 94.2 Å². The Hall–Kier alpha value is -2.90. The second-order valence-corrected chi connectivity index (χ2v) is 7.42. The van der Waals surface area contributed by atoms with E-state index in [2.05, 4.69) is 20.3 Å². The number of nitrogens with zero attached hydrogens (tertiary/aromatic N) is 4. The molecule has 0 spiro atoms. The number of fused-ring (bicyclic) bond motifs is 1. The number of aromatic nitrogens is 3. The molecule has 2 aromatic heterocycles. The number of hydrogen-bond acceptors (Lipinski definition) is 5. The van der Waals surface area contributed by atoms with Gasteiger partial charge < -0.3 is 20.1 Å². The van der Waals surface area contributed by atoms with Gasteiger partial charge in [0, 0.05) is 38.4 Å². The van der Waals surface area contributed by atoms with Gasteiger partial charge in [-0.1, -0.05) is 6.08 Å². The van der Waals surface area contributed by atoms with Crippen molar-refractivity contribution in [2.45, 2.75) is 38.6 Å². The van der Waals surface area contributed by atoms with Crippen LogP contribution in [0.5, 0.6) is 0 Å². The van der Waals surface area contributed by atoms with Crippen LogP contribution >= 0.6 is 0 Å². The van der Waals surface area contributed by atoms with Crippen molar-refractivity contribution in [2.75, 3.05) is 31.5 Å². The van der Waals surface area contributed by atoms with E-state index in [9.17, 15) is 9.59 Å². The van der Waals surface area contributed by atoms with Gasteiger partial charge in [-0.25, -0.2) is 9.97 Å². The van der Waals surface area contributed by atoms with Gasteiger partial charge in [0.2, 0.25) is 5.91 Å². The predicted molar refractivity (Wildman–Crippen MR) is 107 cm³/mol. The number of carbonyl (C=O) groups excluding carboxylic acids is 2. The van der Waals surface area contributed by atoms with E-state index in [-0.39, 0.29) is 17.9 Å². The maximum atomic E-state index is 12.9. The summed E-state index contributed by atoms with van der Waals surface area (Å²) >= 11 is 0. The molecule has 2 aliphatic rings. The zero-order valence-electron chi connectivity index (χ0n) is 16.1. The van der Waals surface area contributed by atoms with Crippen LogP contribution in [0.15, 0.2) is 24.7 Å². The lowest BCUT2D eigenvalue weighted by atomic mass is 10.1. The maximum absolute atomic E-state index is 12.9. The smallest absolute Gasteiger partial charge is 0.256 e. The van der Waals surface area contributed by atoms with Crippen molar-refractivity contribution in [1.29, 1.82) is 0 Å². The number of allylic oxidation sites excluding steroid dienone is 1. The van der Waals surface area contributed by atoms with Gasteiger partial charge in [-0.2, -0.15) is 0 Å². The van der Waals surface area contributed by atoms with Crippen molar-refractivity contribution in [3.63, 3.8) is 0 Å². The Bertz CT molecular complexity index is 899. The highest BCUT2D eigenvalue weighted by atomic mass is 16.2. The van der Waals surface area contributed by atoms with Gasteiger partial charge in [-0.05, 0) is 38.7 Å². The fraction of sp³-hybridized carbons (Fsp3) is 0.500. The zero-order valence-corrected chi connectivity index (χ0v) is 16.1. The summed E-state index contributed by atoms with van der Waals surface area (Å²) in [5.41, 5.74) is 1.26. The highest BCUT2D eigenvalue weighted by molar-refractivity contribution is 6.09. The van der Waals surface area contributed by atoms with E-state index in [1.165, 1.54) is 6.33 Å². The average Bonchev–Trinajstić information content (AvgIpc) is 3.38. The first kappa shape index (κ1) is 18.5. The Morgan fingerprint density at radius 3 is 2.75 bits per heavy atom. The monoisotopic (exact) mass is 382 g/mol. The molecule has 4 heterocycles. The Morgan fingerprint density at radius 1 is 1.18 bits per heavy atom. The minimum absolute atomic E-state index is 0.0233. The number of rotatable bonds is 4. The lowest BCUT2D eigenvalue weighted by Crippen LogP contribution is -2.44. The molecule has 2 amide bonds. The summed E-state index contributed by atoms with van der Waals surface area (Å²) in [7, 11) is 0. The molecule has 148 valence electrons. The number of anilines is 1. The van der Waals surface area contributed by atoms with E-state index < -0.39 is 0 Å². The first-order chi connectivity index (χ1) is 13.7. The molecule has 2 fully saturated rings. The predicted octanol–water partition coefficient (Wildman–Crippen LogP) is 2.17. The van der Waals surface area contributed by atoms with Gasteiger partial charge in [-0.3, -0.25) is 9.59 Å². The molecule has 2 aromatic rings. The summed E-state index contributed by atoms with van der Waals surface area (Å²) in [5.74, 6) is 0.711. The van der Waals surface area contributed by atoms with Crippen molar-refractivity contribution in [3.8, 4) is 0 Å². The molecule has 4 rings (SSSR count). The minimum atomic E-state index is 0.0233. The molecule has 8 nitrogen and oxygen atoms in total. The Labute approximate surface area is 164 Å². The largest absolute Gasteiger partial charge is 0.365 e. The molecule has 0 radical (unpaired) electrons. The molecular formula is C20H26N6O2. The van der Waals surface area contributed by atoms with Crippen LogP contribution in [0.4, 0.5) is 5.82 Å². The lowest BCUT2D eigenvalue weighted by molar-refractivity contribution is -0.127. The van der Waals surface area contributed by atoms with Crippen molar-refractivity contribution >= 4 is 28.7 Å². The third-order valence-corrected chi connectivity index (χ3v) is 5.48. The van der Waals surface area contributed by atoms with Crippen LogP contribution < -0.4 is 5.32 Å². The number of nitrogens with one attached hydrogen (secondary N) is 2. The summed E-state index contributed by atoms with van der Waals surface area (Å²) in [5, 5.41) is 4.20. The summed E-state index contributed by atoms with van der Waals surface area (Å²) in [6.07, 6.45) is 10.6. The van der Waals surface area contributed by atoms with Crippen LogP contribution in [0.1, 0.15) is 43.0 Å². The average molecular weight is 382 g/mol. The Kier molecular flexibility index (Phi) is 5.27. The van der Waals surface area contributed by atoms with Crippen LogP contribution in [0, 0.1) is 0 Å². The van der Waals surface area contributed by atoms with E-state index >= 15 is 0 Å². The van der Waals surface area contributed by atoms with Crippen LogP contribution in [-0.4, -0.2) is 68.8 Å². The number of carbonyl (C=O) groups is 2. The fourth-order valence-corrected chi connectivity index (χ4v) is 4.07. The molecular weight excluding hydrogens is 356 g/mol. The van der Waals surface area contributed by atoms with Crippen molar-refractivity contribution < 1.29 is 9.59 Å². The highest BCUT2D eigenvalue weighted by Crippen LogP contribution is 2.27. The fourth-order valence-electron chi connectivity index (χ4n) is 4.07. The Balaban J connectivity index is 1.57. The van der Waals surface area contributed by atoms with Crippen LogP contribution in [0.3, 0.4) is 0 Å². The van der Waals surface area contributed by atoms with Gasteiger partial charge in [-0.15, -0.1) is 0 Å². The van der Waals surface area contributed by atoms with E-state index in [0.29, 0.717) is 23.6 Å². The Morgan fingerprint density at radius 2 is 1.96 bits per heavy atom.